The van der Waals surface area contributed by atoms with E-state index in [-0.39, 0.29) is 0 Å². The first kappa shape index (κ1) is 7.81. The molecule has 0 amide bonds. The van der Waals surface area contributed by atoms with Crippen LogP contribution in [-0.2, 0) is 0 Å². The first-order valence-corrected chi connectivity index (χ1v) is 5.02. The van der Waals surface area contributed by atoms with Crippen LogP contribution in [-0.4, -0.2) is 0 Å². The van der Waals surface area contributed by atoms with E-state index in [4.69, 9.17) is 0 Å². The first-order valence-electron chi connectivity index (χ1n) is 4.14. The fourth-order valence-electron chi connectivity index (χ4n) is 1.55. The molecule has 2 aromatic rings. The van der Waals surface area contributed by atoms with Gasteiger partial charge in [0, 0.05) is 4.70 Å². The molecule has 0 radical (unpaired) electrons. The number of thiophene rings is 1. The molecular weight excluding hydrogens is 164 g/mol. The SMILES string of the molecule is Cc1cc2ccsc2c(C)c1C. The van der Waals surface area contributed by atoms with Gasteiger partial charge in [-0.05, 0) is 54.3 Å². The minimum Gasteiger partial charge on any atom is -0.144 e. The van der Waals surface area contributed by atoms with Crippen molar-refractivity contribution < 1.29 is 0 Å². The monoisotopic (exact) mass is 176 g/mol. The number of benzene rings is 1. The zero-order chi connectivity index (χ0) is 8.72. The molecule has 0 aliphatic heterocycles. The lowest BCUT2D eigenvalue weighted by Crippen LogP contribution is -1.85. The normalized spacial score (nSPS) is 10.9. The molecule has 0 atom stereocenters. The fourth-order valence-corrected chi connectivity index (χ4v) is 2.49. The van der Waals surface area contributed by atoms with E-state index in [1.165, 1.54) is 26.8 Å². The third-order valence-corrected chi connectivity index (χ3v) is 3.61. The molecule has 62 valence electrons. The molecule has 12 heavy (non-hydrogen) atoms. The van der Waals surface area contributed by atoms with Crippen molar-refractivity contribution in [3.63, 3.8) is 0 Å². The van der Waals surface area contributed by atoms with Gasteiger partial charge in [0.25, 0.3) is 0 Å². The van der Waals surface area contributed by atoms with Gasteiger partial charge >= 0.3 is 0 Å². The molecule has 0 N–H and O–H groups in total. The average molecular weight is 176 g/mol. The molecule has 0 nitrogen and oxygen atoms in total. The summed E-state index contributed by atoms with van der Waals surface area (Å²) in [6.07, 6.45) is 0. The molecule has 0 aliphatic carbocycles. The van der Waals surface area contributed by atoms with E-state index in [9.17, 15) is 0 Å². The van der Waals surface area contributed by atoms with Crippen molar-refractivity contribution in [3.05, 3.63) is 34.2 Å². The molecule has 0 saturated carbocycles. The Labute approximate surface area is 76.8 Å². The number of hydrogen-bond donors (Lipinski definition) is 0. The Bertz CT molecular complexity index is 424. The van der Waals surface area contributed by atoms with Crippen molar-refractivity contribution >= 4 is 21.4 Å². The van der Waals surface area contributed by atoms with E-state index in [1.54, 1.807) is 0 Å². The summed E-state index contributed by atoms with van der Waals surface area (Å²) in [4.78, 5) is 0. The molecule has 1 aromatic carbocycles. The summed E-state index contributed by atoms with van der Waals surface area (Å²) in [5.41, 5.74) is 4.28. The van der Waals surface area contributed by atoms with Crippen LogP contribution in [0, 0.1) is 20.8 Å². The molecule has 0 saturated heterocycles. The predicted molar refractivity (Wildman–Crippen MR) is 56.0 cm³/mol. The maximum absolute atomic E-state index is 2.27. The Morgan fingerprint density at radius 3 is 2.58 bits per heavy atom. The smallest absolute Gasteiger partial charge is 0.0374 e. The summed E-state index contributed by atoms with van der Waals surface area (Å²) in [6.45, 7) is 6.59. The van der Waals surface area contributed by atoms with Crippen LogP contribution in [0.3, 0.4) is 0 Å². The van der Waals surface area contributed by atoms with Crippen LogP contribution in [0.4, 0.5) is 0 Å². The second-order valence-corrected chi connectivity index (χ2v) is 4.20. The maximum Gasteiger partial charge on any atom is 0.0374 e. The topological polar surface area (TPSA) is 0 Å². The summed E-state index contributed by atoms with van der Waals surface area (Å²) >= 11 is 1.84. The van der Waals surface area contributed by atoms with Crippen LogP contribution >= 0.6 is 11.3 Å². The van der Waals surface area contributed by atoms with E-state index in [0.29, 0.717) is 0 Å². The van der Waals surface area contributed by atoms with E-state index in [0.717, 1.165) is 0 Å². The molecule has 2 rings (SSSR count). The van der Waals surface area contributed by atoms with Crippen molar-refractivity contribution in [1.82, 2.24) is 0 Å². The molecular formula is C11H12S. The van der Waals surface area contributed by atoms with Crippen molar-refractivity contribution in [1.29, 1.82) is 0 Å². The second-order valence-electron chi connectivity index (χ2n) is 3.28. The van der Waals surface area contributed by atoms with Gasteiger partial charge in [-0.3, -0.25) is 0 Å². The second kappa shape index (κ2) is 2.60. The Hall–Kier alpha value is -0.820. The highest BCUT2D eigenvalue weighted by atomic mass is 32.1. The third-order valence-electron chi connectivity index (χ3n) is 2.56. The third kappa shape index (κ3) is 0.969. The summed E-state index contributed by atoms with van der Waals surface area (Å²) < 4.78 is 1.44. The van der Waals surface area contributed by atoms with Crippen LogP contribution < -0.4 is 0 Å². The summed E-state index contributed by atoms with van der Waals surface area (Å²) in [7, 11) is 0. The van der Waals surface area contributed by atoms with Crippen LogP contribution in [0.2, 0.25) is 0 Å². The van der Waals surface area contributed by atoms with Crippen molar-refractivity contribution in [2.24, 2.45) is 0 Å². The Kier molecular flexibility index (Phi) is 1.69. The van der Waals surface area contributed by atoms with E-state index in [1.807, 2.05) is 11.3 Å². The van der Waals surface area contributed by atoms with Gasteiger partial charge in [0.05, 0.1) is 0 Å². The van der Waals surface area contributed by atoms with Crippen molar-refractivity contribution in [3.8, 4) is 0 Å². The van der Waals surface area contributed by atoms with E-state index < -0.39 is 0 Å². The highest BCUT2D eigenvalue weighted by Gasteiger charge is 2.03. The molecule has 0 bridgehead atoms. The maximum atomic E-state index is 2.27. The standard InChI is InChI=1S/C11H12S/c1-7-6-10-4-5-12-11(10)9(3)8(7)2/h4-6H,1-3H3. The van der Waals surface area contributed by atoms with Gasteiger partial charge in [0.1, 0.15) is 0 Å². The molecule has 0 spiro atoms. The number of hydrogen-bond acceptors (Lipinski definition) is 1. The zero-order valence-electron chi connectivity index (χ0n) is 7.64. The number of aryl methyl sites for hydroxylation is 2. The highest BCUT2D eigenvalue weighted by Crippen LogP contribution is 2.28. The lowest BCUT2D eigenvalue weighted by atomic mass is 10.0. The zero-order valence-corrected chi connectivity index (χ0v) is 8.46. The van der Waals surface area contributed by atoms with Gasteiger partial charge in [-0.1, -0.05) is 6.07 Å². The number of fused-ring (bicyclic) bond motifs is 1. The van der Waals surface area contributed by atoms with Crippen LogP contribution in [0.15, 0.2) is 17.5 Å². The van der Waals surface area contributed by atoms with Gasteiger partial charge in [-0.2, -0.15) is 0 Å². The highest BCUT2D eigenvalue weighted by molar-refractivity contribution is 7.17. The van der Waals surface area contributed by atoms with Crippen LogP contribution in [0.25, 0.3) is 10.1 Å². The van der Waals surface area contributed by atoms with E-state index >= 15 is 0 Å². The minimum absolute atomic E-state index is 1.39. The Balaban J connectivity index is 2.94. The fraction of sp³-hybridized carbons (Fsp3) is 0.273. The van der Waals surface area contributed by atoms with Gasteiger partial charge in [-0.25, -0.2) is 0 Å². The Morgan fingerprint density at radius 2 is 1.83 bits per heavy atom. The molecule has 1 aromatic heterocycles. The Morgan fingerprint density at radius 1 is 1.08 bits per heavy atom. The minimum atomic E-state index is 1.39. The molecule has 0 unspecified atom stereocenters. The summed E-state index contributed by atoms with van der Waals surface area (Å²) in [6, 6.07) is 4.47. The largest absolute Gasteiger partial charge is 0.144 e. The van der Waals surface area contributed by atoms with E-state index in [2.05, 4.69) is 38.3 Å². The molecule has 1 heteroatoms. The molecule has 1 heterocycles. The molecule has 0 aliphatic rings. The van der Waals surface area contributed by atoms with Crippen molar-refractivity contribution in [2.45, 2.75) is 20.8 Å². The van der Waals surface area contributed by atoms with Gasteiger partial charge in [0.2, 0.25) is 0 Å². The lowest BCUT2D eigenvalue weighted by molar-refractivity contribution is 1.30. The van der Waals surface area contributed by atoms with Gasteiger partial charge in [0.15, 0.2) is 0 Å². The summed E-state index contributed by atoms with van der Waals surface area (Å²) in [5, 5.41) is 3.55. The first-order chi connectivity index (χ1) is 5.70. The summed E-state index contributed by atoms with van der Waals surface area (Å²) in [5.74, 6) is 0. The van der Waals surface area contributed by atoms with Crippen LogP contribution in [0.5, 0.6) is 0 Å². The van der Waals surface area contributed by atoms with Crippen LogP contribution in [0.1, 0.15) is 16.7 Å². The predicted octanol–water partition coefficient (Wildman–Crippen LogP) is 3.83. The number of rotatable bonds is 0. The lowest BCUT2D eigenvalue weighted by Gasteiger charge is -2.04. The molecule has 0 fully saturated rings. The van der Waals surface area contributed by atoms with Crippen molar-refractivity contribution in [2.75, 3.05) is 0 Å². The average Bonchev–Trinajstić information content (AvgIpc) is 2.48. The van der Waals surface area contributed by atoms with Gasteiger partial charge < -0.3 is 0 Å². The van der Waals surface area contributed by atoms with Gasteiger partial charge in [-0.15, -0.1) is 11.3 Å². The quantitative estimate of drug-likeness (QED) is 0.572.